The Morgan fingerprint density at radius 1 is 1.60 bits per heavy atom. The van der Waals surface area contributed by atoms with Crippen molar-refractivity contribution < 1.29 is 14.6 Å². The number of aromatic nitrogens is 2. The van der Waals surface area contributed by atoms with Crippen LogP contribution in [0.5, 0.6) is 0 Å². The highest BCUT2D eigenvalue weighted by Gasteiger charge is 2.42. The zero-order valence-electron chi connectivity index (χ0n) is 8.14. The van der Waals surface area contributed by atoms with Crippen molar-refractivity contribution in [1.82, 2.24) is 10.2 Å². The molecule has 2 bridgehead atoms. The van der Waals surface area contributed by atoms with Gasteiger partial charge in [-0.3, -0.25) is 5.10 Å². The van der Waals surface area contributed by atoms with E-state index in [4.69, 9.17) is 9.84 Å². The quantitative estimate of drug-likeness (QED) is 0.764. The summed E-state index contributed by atoms with van der Waals surface area (Å²) in [6.45, 7) is 0. The minimum Gasteiger partial charge on any atom is -0.476 e. The van der Waals surface area contributed by atoms with Crippen LogP contribution in [0.3, 0.4) is 0 Å². The van der Waals surface area contributed by atoms with Gasteiger partial charge in [-0.15, -0.1) is 0 Å². The molecule has 0 amide bonds. The summed E-state index contributed by atoms with van der Waals surface area (Å²) < 4.78 is 5.71. The number of ether oxygens (including phenoxy) is 1. The van der Waals surface area contributed by atoms with E-state index in [1.165, 1.54) is 0 Å². The Balaban J connectivity index is 1.84. The van der Waals surface area contributed by atoms with Crippen molar-refractivity contribution in [1.29, 1.82) is 0 Å². The first kappa shape index (κ1) is 8.91. The molecule has 3 atom stereocenters. The second-order valence-corrected chi connectivity index (χ2v) is 4.23. The van der Waals surface area contributed by atoms with E-state index in [1.54, 1.807) is 6.07 Å². The summed E-state index contributed by atoms with van der Waals surface area (Å²) in [5, 5.41) is 15.3. The minimum absolute atomic E-state index is 0.0905. The Labute approximate surface area is 86.4 Å². The van der Waals surface area contributed by atoms with Gasteiger partial charge in [0, 0.05) is 11.6 Å². The minimum atomic E-state index is -0.985. The number of aromatic carboxylic acids is 1. The molecule has 2 N–H and O–H groups in total. The summed E-state index contributed by atoms with van der Waals surface area (Å²) in [7, 11) is 0. The Hall–Kier alpha value is -1.36. The van der Waals surface area contributed by atoms with Gasteiger partial charge in [0.25, 0.3) is 0 Å². The monoisotopic (exact) mass is 208 g/mol. The van der Waals surface area contributed by atoms with Gasteiger partial charge in [-0.25, -0.2) is 4.79 Å². The number of aromatic amines is 1. The van der Waals surface area contributed by atoms with Gasteiger partial charge in [0.1, 0.15) is 0 Å². The molecule has 0 saturated carbocycles. The number of nitrogens with zero attached hydrogens (tertiary/aromatic N) is 1. The number of hydrogen-bond acceptors (Lipinski definition) is 3. The van der Waals surface area contributed by atoms with Crippen LogP contribution in [0.4, 0.5) is 0 Å². The Morgan fingerprint density at radius 2 is 2.47 bits per heavy atom. The maximum Gasteiger partial charge on any atom is 0.356 e. The van der Waals surface area contributed by atoms with Crippen LogP contribution in [0.25, 0.3) is 0 Å². The molecule has 5 heteroatoms. The van der Waals surface area contributed by atoms with Crippen LogP contribution in [-0.4, -0.2) is 33.5 Å². The van der Waals surface area contributed by atoms with Crippen molar-refractivity contribution in [2.24, 2.45) is 0 Å². The predicted octanol–water partition coefficient (Wildman–Crippen LogP) is 1.14. The fourth-order valence-electron chi connectivity index (χ4n) is 2.60. The van der Waals surface area contributed by atoms with Crippen molar-refractivity contribution in [3.8, 4) is 0 Å². The molecule has 1 aromatic heterocycles. The van der Waals surface area contributed by atoms with Gasteiger partial charge in [0.2, 0.25) is 0 Å². The first-order valence-electron chi connectivity index (χ1n) is 5.18. The second-order valence-electron chi connectivity index (χ2n) is 4.23. The lowest BCUT2D eigenvalue weighted by molar-refractivity contribution is 0.0690. The van der Waals surface area contributed by atoms with Crippen LogP contribution in [0, 0.1) is 0 Å². The van der Waals surface area contributed by atoms with Crippen molar-refractivity contribution >= 4 is 5.97 Å². The molecule has 0 spiro atoms. The van der Waals surface area contributed by atoms with Gasteiger partial charge in [-0.1, -0.05) is 0 Å². The highest BCUT2D eigenvalue weighted by atomic mass is 16.5. The number of H-pyrrole nitrogens is 1. The van der Waals surface area contributed by atoms with E-state index in [9.17, 15) is 4.79 Å². The number of carbonyl (C=O) groups is 1. The number of hydrogen-bond donors (Lipinski definition) is 2. The van der Waals surface area contributed by atoms with Crippen LogP contribution in [0.15, 0.2) is 6.07 Å². The van der Waals surface area contributed by atoms with Crippen molar-refractivity contribution in [2.45, 2.75) is 37.4 Å². The van der Waals surface area contributed by atoms with E-state index < -0.39 is 5.97 Å². The lowest BCUT2D eigenvalue weighted by Gasteiger charge is -2.16. The average Bonchev–Trinajstić information content (AvgIpc) is 2.93. The molecule has 1 aromatic rings. The standard InChI is InChI=1S/C10H12N2O3/c13-10(14)8-4-7(11-12-8)6-3-5-1-2-9(6)15-5/h4-6,9H,1-3H2,(H,11,12)(H,13,14). The van der Waals surface area contributed by atoms with E-state index >= 15 is 0 Å². The number of carboxylic acids is 1. The van der Waals surface area contributed by atoms with Gasteiger partial charge < -0.3 is 9.84 Å². The molecule has 2 aliphatic rings. The smallest absolute Gasteiger partial charge is 0.356 e. The van der Waals surface area contributed by atoms with Crippen molar-refractivity contribution in [2.75, 3.05) is 0 Å². The molecule has 0 aromatic carbocycles. The third-order valence-corrected chi connectivity index (χ3v) is 3.32. The van der Waals surface area contributed by atoms with Crippen LogP contribution >= 0.6 is 0 Å². The summed E-state index contributed by atoms with van der Waals surface area (Å²) in [6, 6.07) is 1.62. The predicted molar refractivity (Wildman–Crippen MR) is 50.8 cm³/mol. The number of nitrogens with one attached hydrogen (secondary N) is 1. The number of fused-ring (bicyclic) bond motifs is 2. The number of rotatable bonds is 2. The third kappa shape index (κ3) is 1.34. The average molecular weight is 208 g/mol. The molecule has 0 radical (unpaired) electrons. The van der Waals surface area contributed by atoms with Gasteiger partial charge in [0.15, 0.2) is 5.69 Å². The second kappa shape index (κ2) is 3.06. The Morgan fingerprint density at radius 3 is 3.00 bits per heavy atom. The molecular weight excluding hydrogens is 196 g/mol. The maximum absolute atomic E-state index is 10.7. The van der Waals surface area contributed by atoms with Gasteiger partial charge in [-0.05, 0) is 25.3 Å². The molecule has 2 aliphatic heterocycles. The van der Waals surface area contributed by atoms with E-state index in [0.29, 0.717) is 12.0 Å². The fraction of sp³-hybridized carbons (Fsp3) is 0.600. The third-order valence-electron chi connectivity index (χ3n) is 3.32. The summed E-state index contributed by atoms with van der Waals surface area (Å²) >= 11 is 0. The summed E-state index contributed by atoms with van der Waals surface area (Å²) in [4.78, 5) is 10.7. The SMILES string of the molecule is O=C(O)c1cc(C2CC3CCC2O3)[nH]n1. The van der Waals surface area contributed by atoms with E-state index in [2.05, 4.69) is 10.2 Å². The van der Waals surface area contributed by atoms with Crippen LogP contribution in [0.2, 0.25) is 0 Å². The van der Waals surface area contributed by atoms with E-state index in [0.717, 1.165) is 25.0 Å². The van der Waals surface area contributed by atoms with Gasteiger partial charge in [-0.2, -0.15) is 5.10 Å². The highest BCUT2D eigenvalue weighted by Crippen LogP contribution is 2.43. The molecule has 3 heterocycles. The van der Waals surface area contributed by atoms with Crippen LogP contribution < -0.4 is 0 Å². The van der Waals surface area contributed by atoms with Crippen LogP contribution in [-0.2, 0) is 4.74 Å². The topological polar surface area (TPSA) is 75.2 Å². The molecule has 2 saturated heterocycles. The summed E-state index contributed by atoms with van der Waals surface area (Å²) in [5.41, 5.74) is 0.993. The van der Waals surface area contributed by atoms with Gasteiger partial charge >= 0.3 is 5.97 Å². The molecule has 5 nitrogen and oxygen atoms in total. The zero-order valence-corrected chi connectivity index (χ0v) is 8.14. The van der Waals surface area contributed by atoms with E-state index in [-0.39, 0.29) is 11.8 Å². The molecule has 0 aliphatic carbocycles. The number of carboxylic acid groups (broad SMARTS) is 1. The zero-order chi connectivity index (χ0) is 10.4. The lowest BCUT2D eigenvalue weighted by atomic mass is 9.87. The largest absolute Gasteiger partial charge is 0.476 e. The first-order chi connectivity index (χ1) is 7.24. The molecule has 3 unspecified atom stereocenters. The first-order valence-corrected chi connectivity index (χ1v) is 5.18. The van der Waals surface area contributed by atoms with E-state index in [1.807, 2.05) is 0 Å². The molecular formula is C10H12N2O3. The van der Waals surface area contributed by atoms with Gasteiger partial charge in [0.05, 0.1) is 12.2 Å². The molecule has 80 valence electrons. The molecule has 3 rings (SSSR count). The maximum atomic E-state index is 10.7. The van der Waals surface area contributed by atoms with Crippen molar-refractivity contribution in [3.63, 3.8) is 0 Å². The lowest BCUT2D eigenvalue weighted by Crippen LogP contribution is -2.14. The Kier molecular flexibility index (Phi) is 1.82. The fourth-order valence-corrected chi connectivity index (χ4v) is 2.60. The van der Waals surface area contributed by atoms with Crippen molar-refractivity contribution in [3.05, 3.63) is 17.5 Å². The molecule has 2 fully saturated rings. The summed E-state index contributed by atoms with van der Waals surface area (Å²) in [6.07, 6.45) is 3.85. The molecule has 15 heavy (non-hydrogen) atoms. The Bertz CT molecular complexity index is 401. The summed E-state index contributed by atoms with van der Waals surface area (Å²) in [5.74, 6) is -0.675. The normalized spacial score (nSPS) is 33.5. The van der Waals surface area contributed by atoms with Crippen LogP contribution in [0.1, 0.15) is 41.4 Å². The highest BCUT2D eigenvalue weighted by molar-refractivity contribution is 5.85.